The fourth-order valence-electron chi connectivity index (χ4n) is 12.1. The summed E-state index contributed by atoms with van der Waals surface area (Å²) in [5.41, 5.74) is 4.16. The molecular weight excluding hydrogens is 1170 g/mol. The van der Waals surface area contributed by atoms with Crippen LogP contribution in [-0.4, -0.2) is 322 Å². The van der Waals surface area contributed by atoms with Gasteiger partial charge in [-0.3, -0.25) is 0 Å². The van der Waals surface area contributed by atoms with Crippen molar-refractivity contribution in [1.29, 1.82) is 0 Å². The zero-order valence-electron chi connectivity index (χ0n) is 48.6. The smallest absolute Gasteiger partial charge is 0.187 e. The minimum Gasteiger partial charge on any atom is -0.394 e. The number of allylic oxidation sites excluding steroid dienone is 9. The van der Waals surface area contributed by atoms with Crippen LogP contribution >= 0.6 is 0 Å². The molecular formula is C56H88O31. The van der Waals surface area contributed by atoms with Gasteiger partial charge in [-0.1, -0.05) is 60.9 Å². The Kier molecular flexibility index (Phi) is 24.6. The third kappa shape index (κ3) is 15.6. The van der Waals surface area contributed by atoms with Crippen LogP contribution in [0.5, 0.6) is 0 Å². The summed E-state index contributed by atoms with van der Waals surface area (Å²) < 4.78 is 75.6. The number of aliphatic hydroxyl groups is 18. The molecule has 0 aromatic rings. The van der Waals surface area contributed by atoms with E-state index in [2.05, 4.69) is 26.8 Å². The van der Waals surface area contributed by atoms with Gasteiger partial charge in [0, 0.05) is 0 Å². The molecule has 31 atom stereocenters. The molecule has 23 rings (SSSR count). The first kappa shape index (κ1) is 70.3. The van der Waals surface area contributed by atoms with E-state index in [1.807, 2.05) is 19.1 Å². The first-order valence-corrected chi connectivity index (χ1v) is 29.1. The van der Waals surface area contributed by atoms with Crippen LogP contribution in [0.25, 0.3) is 0 Å². The molecule has 31 nitrogen and oxygen atoms in total. The van der Waals surface area contributed by atoms with Gasteiger partial charge in [-0.2, -0.15) is 0 Å². The van der Waals surface area contributed by atoms with E-state index in [9.17, 15) is 91.9 Å². The highest BCUT2D eigenvalue weighted by Gasteiger charge is 2.59. The summed E-state index contributed by atoms with van der Waals surface area (Å²) in [5.74, 6) is 0. The molecule has 22 heterocycles. The quantitative estimate of drug-likeness (QED) is 0.0602. The summed E-state index contributed by atoms with van der Waals surface area (Å²) in [6, 6.07) is 0. The lowest BCUT2D eigenvalue weighted by Crippen LogP contribution is -2.69. The number of ether oxygens (including phenoxy) is 13. The largest absolute Gasteiger partial charge is 0.394 e. The highest BCUT2D eigenvalue weighted by atomic mass is 16.8. The van der Waals surface area contributed by atoms with E-state index < -0.39 is 230 Å². The molecule has 0 radical (unpaired) electrons. The Morgan fingerprint density at radius 1 is 0.448 bits per heavy atom. The molecule has 31 heteroatoms. The Morgan fingerprint density at radius 3 is 1.05 bits per heavy atom. The van der Waals surface area contributed by atoms with Gasteiger partial charge < -0.3 is 153 Å². The Hall–Kier alpha value is -2.54. The standard InChI is InChI=1S/C56H88O31/c1-21(11-12-24-23(3)10-7-13-56(24,4)5)8-6-9-22(2)14-31(62)75-20-30-49-37(68)43(74)55(81-30)86-48-29(19-61)79-53(41(72)35(48)66)84-46-27(17-59)77-51(39(70)33(46)64)82-44-25(15-57)76-50(38(69)32(44)63)83-45-26(16-58)78-52(40(71)34(45)65)85-47-28(18-60)80-54(87-49)42(73)36(47)67/h6,8-9,11-12,14,25-55,57-74H,7,10,13,15-20H2,1-5H3/b9-6+,12-11+,21-8+,22-14+/t25?,26-,27?,28?,29-,30?,31?,32?,33?,34+,35-,36?,37?,38?,39?,40-,41+,42?,43?,44?,45?,46?,47?,48-,49?,50?,51?,52?,53?,54?,55?/m1/s1. The highest BCUT2D eigenvalue weighted by molar-refractivity contribution is 5.37. The number of rotatable bonds is 13. The second kappa shape index (κ2) is 30.5. The zero-order valence-corrected chi connectivity index (χ0v) is 48.6. The van der Waals surface area contributed by atoms with Crippen LogP contribution in [0.1, 0.15) is 53.9 Å². The van der Waals surface area contributed by atoms with Crippen molar-refractivity contribution in [3.63, 3.8) is 0 Å². The third-order valence-electron chi connectivity index (χ3n) is 17.1. The van der Waals surface area contributed by atoms with Gasteiger partial charge in [-0.15, -0.1) is 0 Å². The molecule has 12 bridgehead atoms. The van der Waals surface area contributed by atoms with E-state index in [1.165, 1.54) is 17.2 Å². The highest BCUT2D eigenvalue weighted by Crippen LogP contribution is 2.42. The van der Waals surface area contributed by atoms with E-state index in [0.29, 0.717) is 5.57 Å². The molecule has 22 saturated heterocycles. The van der Waals surface area contributed by atoms with Crippen LogP contribution in [0, 0.1) is 5.41 Å². The molecule has 0 saturated carbocycles. The summed E-state index contributed by atoms with van der Waals surface area (Å²) >= 11 is 0. The third-order valence-corrected chi connectivity index (χ3v) is 17.1. The molecule has 0 aromatic carbocycles. The van der Waals surface area contributed by atoms with Gasteiger partial charge in [0.1, 0.15) is 146 Å². The lowest BCUT2D eigenvalue weighted by molar-refractivity contribution is -0.404. The lowest BCUT2D eigenvalue weighted by atomic mass is 9.72. The van der Waals surface area contributed by atoms with E-state index in [-0.39, 0.29) is 5.41 Å². The van der Waals surface area contributed by atoms with Crippen LogP contribution in [0.4, 0.5) is 0 Å². The number of hydrogen-bond donors (Lipinski definition) is 18. The van der Waals surface area contributed by atoms with Crippen LogP contribution in [-0.2, 0) is 61.6 Å². The molecule has 87 heavy (non-hydrogen) atoms. The Balaban J connectivity index is 1.07. The van der Waals surface area contributed by atoms with Crippen molar-refractivity contribution in [2.45, 2.75) is 244 Å². The van der Waals surface area contributed by atoms with E-state index in [1.54, 1.807) is 19.1 Å². The summed E-state index contributed by atoms with van der Waals surface area (Å²) in [5, 5.41) is 201. The molecule has 22 aliphatic heterocycles. The van der Waals surface area contributed by atoms with Crippen molar-refractivity contribution >= 4 is 0 Å². The molecule has 0 aromatic heterocycles. The van der Waals surface area contributed by atoms with Crippen molar-refractivity contribution in [2.75, 3.05) is 39.6 Å². The first-order chi connectivity index (χ1) is 41.3. The van der Waals surface area contributed by atoms with Gasteiger partial charge >= 0.3 is 0 Å². The average Bonchev–Trinajstić information content (AvgIpc) is 1.45. The summed E-state index contributed by atoms with van der Waals surface area (Å²) in [6.45, 7) is 4.36. The molecule has 0 spiro atoms. The van der Waals surface area contributed by atoms with E-state index in [0.717, 1.165) is 24.8 Å². The lowest BCUT2D eigenvalue weighted by Gasteiger charge is -2.50. The van der Waals surface area contributed by atoms with Gasteiger partial charge in [0.25, 0.3) is 0 Å². The second-order valence-electron chi connectivity index (χ2n) is 23.8. The fourth-order valence-corrected chi connectivity index (χ4v) is 12.1. The van der Waals surface area contributed by atoms with E-state index >= 15 is 0 Å². The predicted molar refractivity (Wildman–Crippen MR) is 287 cm³/mol. The molecule has 1 aliphatic carbocycles. The van der Waals surface area contributed by atoms with Crippen LogP contribution in [0.3, 0.4) is 0 Å². The Bertz CT molecular complexity index is 2340. The van der Waals surface area contributed by atoms with Crippen LogP contribution in [0.15, 0.2) is 58.7 Å². The van der Waals surface area contributed by atoms with Gasteiger partial charge in [0.2, 0.25) is 0 Å². The van der Waals surface area contributed by atoms with Crippen LogP contribution in [0.2, 0.25) is 0 Å². The Labute approximate surface area is 500 Å². The van der Waals surface area contributed by atoms with Gasteiger partial charge in [0.05, 0.1) is 39.6 Å². The Morgan fingerprint density at radius 2 is 0.747 bits per heavy atom. The maximum absolute atomic E-state index is 11.8. The van der Waals surface area contributed by atoms with Crippen molar-refractivity contribution in [1.82, 2.24) is 0 Å². The topological polar surface area (TPSA) is 484 Å². The van der Waals surface area contributed by atoms with Crippen LogP contribution < -0.4 is 0 Å². The van der Waals surface area contributed by atoms with Crippen molar-refractivity contribution in [3.05, 3.63) is 58.7 Å². The summed E-state index contributed by atoms with van der Waals surface area (Å²) in [7, 11) is 0. The maximum atomic E-state index is 11.8. The minimum absolute atomic E-state index is 0.0501. The van der Waals surface area contributed by atoms with Gasteiger partial charge in [0.15, 0.2) is 44.0 Å². The van der Waals surface area contributed by atoms with Crippen molar-refractivity contribution < 1.29 is 153 Å². The molecule has 22 fully saturated rings. The molecule has 0 amide bonds. The fraction of sp³-hybridized carbons (Fsp3) is 0.821. The number of aliphatic hydroxyl groups excluding tert-OH is 18. The predicted octanol–water partition coefficient (Wildman–Crippen LogP) is -7.18. The monoisotopic (exact) mass is 1260 g/mol. The SMILES string of the molecule is CC1=C(/C=C/C(C)=C/C=C/C(C)=C/C(O)OCC2OC3O[C@H]4[C@H](O)[C@H](O)C(OC5C(CO)OC(OC6C(CO)OC(OC7[C@@H](O)[C@@H](O)C(OC8C(CO)OC(OC2C(O)C3O)C(O)C8O)O[C@@H]7CO)C(O)C6O)C(O)C5O)O[C@@H]4CO)C(C)(C)CCC1. The molecule has 498 valence electrons. The van der Waals surface area contributed by atoms with Gasteiger partial charge in [-0.25, -0.2) is 0 Å². The van der Waals surface area contributed by atoms with E-state index in [4.69, 9.17) is 61.6 Å². The summed E-state index contributed by atoms with van der Waals surface area (Å²) in [6.07, 6.45) is -47.3. The van der Waals surface area contributed by atoms with Crippen molar-refractivity contribution in [3.8, 4) is 0 Å². The number of hydrogen-bond acceptors (Lipinski definition) is 31. The zero-order chi connectivity index (χ0) is 63.5. The molecule has 24 unspecified atom stereocenters. The minimum atomic E-state index is -2.21. The summed E-state index contributed by atoms with van der Waals surface area (Å²) in [4.78, 5) is 0. The molecule has 18 N–H and O–H groups in total. The van der Waals surface area contributed by atoms with Gasteiger partial charge in [-0.05, 0) is 57.1 Å². The average molecular weight is 1260 g/mol. The second-order valence-corrected chi connectivity index (χ2v) is 23.8. The first-order valence-electron chi connectivity index (χ1n) is 29.1. The maximum Gasteiger partial charge on any atom is 0.187 e. The normalized spacial score (nSPS) is 47.6. The van der Waals surface area contributed by atoms with Crippen molar-refractivity contribution in [2.24, 2.45) is 5.41 Å². The molecule has 23 aliphatic rings.